The molecule has 0 aliphatic rings. The molecule has 0 spiro atoms. The number of amides is 1. The van der Waals surface area contributed by atoms with Crippen LogP contribution in [-0.4, -0.2) is 44.1 Å². The van der Waals surface area contributed by atoms with Crippen LogP contribution in [0.1, 0.15) is 11.1 Å². The minimum atomic E-state index is -4.40. The van der Waals surface area contributed by atoms with Gasteiger partial charge in [0.25, 0.3) is 0 Å². The van der Waals surface area contributed by atoms with Gasteiger partial charge in [-0.2, -0.15) is 18.2 Å². The summed E-state index contributed by atoms with van der Waals surface area (Å²) >= 11 is 0. The van der Waals surface area contributed by atoms with Crippen molar-refractivity contribution in [3.05, 3.63) is 41.6 Å². The minimum absolute atomic E-state index is 0.0551. The van der Waals surface area contributed by atoms with Gasteiger partial charge in [-0.1, -0.05) is 12.1 Å². The Bertz CT molecular complexity index is 773. The van der Waals surface area contributed by atoms with Crippen LogP contribution < -0.4 is 15.1 Å². The molecule has 0 radical (unpaired) electrons. The standard InChI is InChI=1S/C17H20F3N5O/c1-24(2)15-13(10-21-16(23-15)25(3)4)22-14(26)9-11-5-7-12(8-6-11)17(18,19)20/h5-8,10H,9H2,1-4H3,(H,22,26). The molecule has 0 unspecified atom stereocenters. The van der Waals surface area contributed by atoms with E-state index < -0.39 is 11.7 Å². The lowest BCUT2D eigenvalue weighted by Crippen LogP contribution is -2.21. The van der Waals surface area contributed by atoms with Crippen molar-refractivity contribution in [3.8, 4) is 0 Å². The zero-order chi connectivity index (χ0) is 19.5. The second-order valence-corrected chi connectivity index (χ2v) is 6.12. The number of aromatic nitrogens is 2. The van der Waals surface area contributed by atoms with Crippen molar-refractivity contribution in [2.24, 2.45) is 0 Å². The van der Waals surface area contributed by atoms with Crippen LogP contribution in [0, 0.1) is 0 Å². The molecule has 6 nitrogen and oxygen atoms in total. The number of carbonyl (C=O) groups is 1. The van der Waals surface area contributed by atoms with E-state index in [1.165, 1.54) is 18.3 Å². The minimum Gasteiger partial charge on any atom is -0.361 e. The van der Waals surface area contributed by atoms with Gasteiger partial charge in [0.1, 0.15) is 5.69 Å². The van der Waals surface area contributed by atoms with E-state index >= 15 is 0 Å². The van der Waals surface area contributed by atoms with E-state index in [0.29, 0.717) is 23.0 Å². The summed E-state index contributed by atoms with van der Waals surface area (Å²) in [5.74, 6) is 0.660. The predicted molar refractivity (Wildman–Crippen MR) is 94.5 cm³/mol. The van der Waals surface area contributed by atoms with Gasteiger partial charge in [0.05, 0.1) is 18.2 Å². The highest BCUT2D eigenvalue weighted by Crippen LogP contribution is 2.29. The van der Waals surface area contributed by atoms with Gasteiger partial charge in [-0.05, 0) is 17.7 Å². The lowest BCUT2D eigenvalue weighted by molar-refractivity contribution is -0.137. The largest absolute Gasteiger partial charge is 0.416 e. The van der Waals surface area contributed by atoms with Crippen molar-refractivity contribution in [1.82, 2.24) is 9.97 Å². The van der Waals surface area contributed by atoms with Crippen molar-refractivity contribution in [1.29, 1.82) is 0 Å². The van der Waals surface area contributed by atoms with Gasteiger partial charge in [0.2, 0.25) is 11.9 Å². The van der Waals surface area contributed by atoms with E-state index in [1.807, 2.05) is 0 Å². The fraction of sp³-hybridized carbons (Fsp3) is 0.353. The molecule has 140 valence electrons. The number of hydrogen-bond donors (Lipinski definition) is 1. The molecule has 0 fully saturated rings. The van der Waals surface area contributed by atoms with Gasteiger partial charge in [0, 0.05) is 28.2 Å². The monoisotopic (exact) mass is 367 g/mol. The number of rotatable bonds is 5. The Balaban J connectivity index is 2.12. The average Bonchev–Trinajstić information content (AvgIpc) is 2.54. The van der Waals surface area contributed by atoms with Gasteiger partial charge in [0.15, 0.2) is 5.82 Å². The number of alkyl halides is 3. The summed E-state index contributed by atoms with van der Waals surface area (Å²) in [5.41, 5.74) is 0.162. The van der Waals surface area contributed by atoms with Gasteiger partial charge in [-0.3, -0.25) is 4.79 Å². The molecule has 26 heavy (non-hydrogen) atoms. The van der Waals surface area contributed by atoms with Crippen molar-refractivity contribution in [2.75, 3.05) is 43.3 Å². The second kappa shape index (κ2) is 7.59. The summed E-state index contributed by atoms with van der Waals surface area (Å²) in [6.07, 6.45) is -2.95. The van der Waals surface area contributed by atoms with E-state index in [0.717, 1.165) is 12.1 Å². The maximum absolute atomic E-state index is 12.6. The molecule has 1 amide bonds. The van der Waals surface area contributed by atoms with Crippen LogP contribution in [0.3, 0.4) is 0 Å². The number of benzene rings is 1. The third-order valence-electron chi connectivity index (χ3n) is 3.50. The van der Waals surface area contributed by atoms with Crippen LogP contribution in [0.15, 0.2) is 30.5 Å². The molecule has 0 aliphatic carbocycles. The second-order valence-electron chi connectivity index (χ2n) is 6.12. The predicted octanol–water partition coefficient (Wildman–Crippen LogP) is 2.81. The highest BCUT2D eigenvalue weighted by atomic mass is 19.4. The average molecular weight is 367 g/mol. The highest BCUT2D eigenvalue weighted by molar-refractivity contribution is 5.94. The molecule has 0 saturated carbocycles. The Kier molecular flexibility index (Phi) is 5.69. The SMILES string of the molecule is CN(C)c1ncc(NC(=O)Cc2ccc(C(F)(F)F)cc2)c(N(C)C)n1. The molecular weight excluding hydrogens is 347 g/mol. The number of carbonyl (C=O) groups excluding carboxylic acids is 1. The van der Waals surface area contributed by atoms with Crippen molar-refractivity contribution in [2.45, 2.75) is 12.6 Å². The van der Waals surface area contributed by atoms with Crippen LogP contribution >= 0.6 is 0 Å². The summed E-state index contributed by atoms with van der Waals surface area (Å²) in [6, 6.07) is 4.51. The molecule has 0 bridgehead atoms. The molecule has 1 aromatic carbocycles. The van der Waals surface area contributed by atoms with Crippen LogP contribution in [0.4, 0.5) is 30.6 Å². The molecule has 9 heteroatoms. The third kappa shape index (κ3) is 4.84. The first-order valence-electron chi connectivity index (χ1n) is 7.75. The number of nitrogens with zero attached hydrogens (tertiary/aromatic N) is 4. The molecule has 1 aromatic heterocycles. The highest BCUT2D eigenvalue weighted by Gasteiger charge is 2.30. The van der Waals surface area contributed by atoms with Crippen molar-refractivity contribution in [3.63, 3.8) is 0 Å². The van der Waals surface area contributed by atoms with E-state index in [4.69, 9.17) is 0 Å². The lowest BCUT2D eigenvalue weighted by Gasteiger charge is -2.19. The number of hydrogen-bond acceptors (Lipinski definition) is 5. The van der Waals surface area contributed by atoms with Gasteiger partial charge in [-0.15, -0.1) is 0 Å². The summed E-state index contributed by atoms with van der Waals surface area (Å²) in [6.45, 7) is 0. The summed E-state index contributed by atoms with van der Waals surface area (Å²) < 4.78 is 37.7. The lowest BCUT2D eigenvalue weighted by atomic mass is 10.1. The Morgan fingerprint density at radius 3 is 2.19 bits per heavy atom. The Morgan fingerprint density at radius 2 is 1.69 bits per heavy atom. The normalized spacial score (nSPS) is 11.2. The van der Waals surface area contributed by atoms with Crippen LogP contribution in [0.5, 0.6) is 0 Å². The Labute approximate surface area is 149 Å². The van der Waals surface area contributed by atoms with E-state index in [1.54, 1.807) is 38.0 Å². The number of anilines is 3. The van der Waals surface area contributed by atoms with Crippen LogP contribution in [0.2, 0.25) is 0 Å². The molecule has 1 N–H and O–H groups in total. The summed E-state index contributed by atoms with van der Waals surface area (Å²) in [4.78, 5) is 24.3. The summed E-state index contributed by atoms with van der Waals surface area (Å²) in [7, 11) is 7.18. The van der Waals surface area contributed by atoms with E-state index in [2.05, 4.69) is 15.3 Å². The molecule has 2 aromatic rings. The number of halogens is 3. The zero-order valence-corrected chi connectivity index (χ0v) is 14.9. The van der Waals surface area contributed by atoms with Gasteiger partial charge >= 0.3 is 6.18 Å². The Hall–Kier alpha value is -2.84. The van der Waals surface area contributed by atoms with Gasteiger partial charge in [-0.25, -0.2) is 4.98 Å². The molecule has 0 aliphatic heterocycles. The van der Waals surface area contributed by atoms with Crippen LogP contribution in [0.25, 0.3) is 0 Å². The quantitative estimate of drug-likeness (QED) is 0.881. The Morgan fingerprint density at radius 1 is 1.08 bits per heavy atom. The maximum atomic E-state index is 12.6. The third-order valence-corrected chi connectivity index (χ3v) is 3.50. The molecule has 0 atom stereocenters. The van der Waals surface area contributed by atoms with Crippen molar-refractivity contribution < 1.29 is 18.0 Å². The van der Waals surface area contributed by atoms with Crippen LogP contribution in [-0.2, 0) is 17.4 Å². The van der Waals surface area contributed by atoms with Gasteiger partial charge < -0.3 is 15.1 Å². The first-order chi connectivity index (χ1) is 12.1. The first kappa shape index (κ1) is 19.5. The van der Waals surface area contributed by atoms with Crippen molar-refractivity contribution >= 4 is 23.4 Å². The molecular formula is C17H20F3N5O. The number of nitrogens with one attached hydrogen (secondary N) is 1. The summed E-state index contributed by atoms with van der Waals surface area (Å²) in [5, 5.41) is 2.71. The fourth-order valence-electron chi connectivity index (χ4n) is 2.20. The molecule has 2 rings (SSSR count). The smallest absolute Gasteiger partial charge is 0.361 e. The molecule has 1 heterocycles. The topological polar surface area (TPSA) is 61.4 Å². The zero-order valence-electron chi connectivity index (χ0n) is 14.9. The maximum Gasteiger partial charge on any atom is 0.416 e. The van der Waals surface area contributed by atoms with E-state index in [9.17, 15) is 18.0 Å². The fourth-order valence-corrected chi connectivity index (χ4v) is 2.20. The van der Waals surface area contributed by atoms with E-state index in [-0.39, 0.29) is 12.3 Å². The molecule has 0 saturated heterocycles. The first-order valence-corrected chi connectivity index (χ1v) is 7.75.